The van der Waals surface area contributed by atoms with Crippen LogP contribution in [0.2, 0.25) is 0 Å². The third-order valence-electron chi connectivity index (χ3n) is 13.4. The third-order valence-corrected chi connectivity index (χ3v) is 13.4. The van der Waals surface area contributed by atoms with Gasteiger partial charge >= 0.3 is 0 Å². The Labute approximate surface area is 249 Å². The van der Waals surface area contributed by atoms with Crippen LogP contribution >= 0.6 is 0 Å². The first-order valence-electron chi connectivity index (χ1n) is 17.1. The van der Waals surface area contributed by atoms with Crippen LogP contribution in [0.3, 0.4) is 0 Å². The van der Waals surface area contributed by atoms with Crippen molar-refractivity contribution in [2.45, 2.75) is 149 Å². The summed E-state index contributed by atoms with van der Waals surface area (Å²) in [6, 6.07) is 0. The van der Waals surface area contributed by atoms with E-state index in [2.05, 4.69) is 47.6 Å². The fourth-order valence-corrected chi connectivity index (χ4v) is 10.7. The molecule has 1 heterocycles. The summed E-state index contributed by atoms with van der Waals surface area (Å²) in [4.78, 5) is 0. The SMILES string of the molecule is CC[C@H](CC[C@@H](C)C1=CC[C@H]2[C@@H]3CC[C@H]4C[C@H](O[C@@H]5O[C@H](CO)[C@H](O)[C@H](O)[C@H]5O)CC[C@]4(C)[C@H]3CC[C@]12C)C(C)C. The summed E-state index contributed by atoms with van der Waals surface area (Å²) >= 11 is 0. The van der Waals surface area contributed by atoms with Crippen LogP contribution in [0.15, 0.2) is 11.6 Å². The second-order valence-corrected chi connectivity index (χ2v) is 15.6. The maximum absolute atomic E-state index is 10.5. The molecular formula is C35H60O6. The summed E-state index contributed by atoms with van der Waals surface area (Å²) in [5, 5.41) is 40.4. The Kier molecular flexibility index (Phi) is 9.71. The lowest BCUT2D eigenvalue weighted by molar-refractivity contribution is -0.316. The van der Waals surface area contributed by atoms with Gasteiger partial charge in [-0.2, -0.15) is 0 Å². The highest BCUT2D eigenvalue weighted by atomic mass is 16.7. The molecule has 14 atom stereocenters. The number of fused-ring (bicyclic) bond motifs is 5. The van der Waals surface area contributed by atoms with Gasteiger partial charge in [0, 0.05) is 0 Å². The van der Waals surface area contributed by atoms with E-state index in [1.807, 2.05) is 0 Å². The van der Waals surface area contributed by atoms with Crippen LogP contribution in [0.1, 0.15) is 112 Å². The van der Waals surface area contributed by atoms with Crippen LogP contribution in [0.4, 0.5) is 0 Å². The van der Waals surface area contributed by atoms with Crippen molar-refractivity contribution in [1.29, 1.82) is 0 Å². The molecule has 0 unspecified atom stereocenters. The molecule has 0 radical (unpaired) electrons. The van der Waals surface area contributed by atoms with Crippen molar-refractivity contribution in [2.75, 3.05) is 6.61 Å². The lowest BCUT2D eigenvalue weighted by atomic mass is 9.44. The molecule has 0 amide bonds. The Bertz CT molecular complexity index is 918. The number of allylic oxidation sites excluding steroid dienone is 2. The third kappa shape index (κ3) is 5.73. The van der Waals surface area contributed by atoms with E-state index in [4.69, 9.17) is 9.47 Å². The zero-order valence-corrected chi connectivity index (χ0v) is 26.7. The number of rotatable bonds is 9. The van der Waals surface area contributed by atoms with Gasteiger partial charge in [0.15, 0.2) is 6.29 Å². The molecule has 0 bridgehead atoms. The molecule has 4 N–H and O–H groups in total. The van der Waals surface area contributed by atoms with Gasteiger partial charge in [0.2, 0.25) is 0 Å². The minimum absolute atomic E-state index is 0.0432. The van der Waals surface area contributed by atoms with Gasteiger partial charge in [0.05, 0.1) is 12.7 Å². The predicted octanol–water partition coefficient (Wildman–Crippen LogP) is 5.85. The molecule has 1 saturated heterocycles. The molecule has 4 aliphatic carbocycles. The molecule has 5 rings (SSSR count). The van der Waals surface area contributed by atoms with E-state index in [-0.39, 0.29) is 6.10 Å². The number of ether oxygens (including phenoxy) is 2. The maximum Gasteiger partial charge on any atom is 0.186 e. The second-order valence-electron chi connectivity index (χ2n) is 15.6. The molecule has 6 heteroatoms. The second kappa shape index (κ2) is 12.5. The Hall–Kier alpha value is -0.500. The lowest BCUT2D eigenvalue weighted by Crippen LogP contribution is -2.60. The van der Waals surface area contributed by atoms with Crippen molar-refractivity contribution >= 4 is 0 Å². The topological polar surface area (TPSA) is 99.4 Å². The van der Waals surface area contributed by atoms with Gasteiger partial charge in [-0.15, -0.1) is 0 Å². The largest absolute Gasteiger partial charge is 0.394 e. The van der Waals surface area contributed by atoms with E-state index in [9.17, 15) is 20.4 Å². The van der Waals surface area contributed by atoms with Crippen LogP contribution in [0, 0.1) is 52.3 Å². The van der Waals surface area contributed by atoms with E-state index < -0.39 is 37.3 Å². The van der Waals surface area contributed by atoms with Crippen LogP contribution in [0.5, 0.6) is 0 Å². The highest BCUT2D eigenvalue weighted by Crippen LogP contribution is 2.67. The molecule has 1 aliphatic heterocycles. The van der Waals surface area contributed by atoms with Gasteiger partial charge < -0.3 is 29.9 Å². The van der Waals surface area contributed by atoms with E-state index >= 15 is 0 Å². The molecule has 4 fully saturated rings. The summed E-state index contributed by atoms with van der Waals surface area (Å²) in [6.45, 7) is 14.4. The highest BCUT2D eigenvalue weighted by molar-refractivity contribution is 5.27. The molecule has 236 valence electrons. The van der Waals surface area contributed by atoms with Crippen molar-refractivity contribution < 1.29 is 29.9 Å². The standard InChI is InChI=1S/C35H60O6/c1-7-22(20(2)3)9-8-21(4)26-12-13-27-25-11-10-23-18-24(14-16-34(23,5)28(25)15-17-35(26,27)6)40-33-32(39)31(38)30(37)29(19-36)41-33/h12,20-25,27-33,36-39H,7-11,13-19H2,1-6H3/t21-,22-,23+,24-,25+,27+,28+,29-,30+,31+,32-,33-,34+,35-/m1/s1. The molecule has 0 aromatic heterocycles. The minimum atomic E-state index is -1.39. The van der Waals surface area contributed by atoms with Gasteiger partial charge in [-0.05, 0) is 116 Å². The van der Waals surface area contributed by atoms with E-state index in [0.717, 1.165) is 48.9 Å². The first-order chi connectivity index (χ1) is 19.4. The van der Waals surface area contributed by atoms with Crippen molar-refractivity contribution in [3.8, 4) is 0 Å². The molecule has 0 aromatic carbocycles. The number of hydrogen-bond donors (Lipinski definition) is 4. The maximum atomic E-state index is 10.5. The van der Waals surface area contributed by atoms with E-state index in [0.29, 0.717) is 22.7 Å². The van der Waals surface area contributed by atoms with E-state index in [1.54, 1.807) is 5.57 Å². The zero-order valence-electron chi connectivity index (χ0n) is 26.7. The fraction of sp³-hybridized carbons (Fsp3) is 0.943. The Balaban J connectivity index is 1.21. The molecule has 0 aromatic rings. The summed E-state index contributed by atoms with van der Waals surface area (Å²) in [7, 11) is 0. The van der Waals surface area contributed by atoms with Gasteiger partial charge in [-0.1, -0.05) is 59.6 Å². The number of hydrogen-bond acceptors (Lipinski definition) is 6. The van der Waals surface area contributed by atoms with Crippen molar-refractivity contribution in [1.82, 2.24) is 0 Å². The molecule has 3 saturated carbocycles. The number of aliphatic hydroxyl groups excluding tert-OH is 4. The minimum Gasteiger partial charge on any atom is -0.394 e. The zero-order chi connectivity index (χ0) is 29.7. The molecule has 0 spiro atoms. The predicted molar refractivity (Wildman–Crippen MR) is 161 cm³/mol. The molecule has 6 nitrogen and oxygen atoms in total. The monoisotopic (exact) mass is 576 g/mol. The van der Waals surface area contributed by atoms with Crippen LogP contribution in [0.25, 0.3) is 0 Å². The fourth-order valence-electron chi connectivity index (χ4n) is 10.7. The first-order valence-corrected chi connectivity index (χ1v) is 17.1. The van der Waals surface area contributed by atoms with Crippen LogP contribution in [-0.2, 0) is 9.47 Å². The number of aliphatic hydroxyl groups is 4. The van der Waals surface area contributed by atoms with Gasteiger partial charge in [0.1, 0.15) is 24.4 Å². The average Bonchev–Trinajstić information content (AvgIpc) is 3.30. The van der Waals surface area contributed by atoms with Crippen molar-refractivity contribution in [3.63, 3.8) is 0 Å². The first kappa shape index (κ1) is 31.9. The van der Waals surface area contributed by atoms with Crippen molar-refractivity contribution in [3.05, 3.63) is 11.6 Å². The average molecular weight is 577 g/mol. The Morgan fingerprint density at radius 1 is 0.951 bits per heavy atom. The van der Waals surface area contributed by atoms with Crippen LogP contribution < -0.4 is 0 Å². The lowest BCUT2D eigenvalue weighted by Gasteiger charge is -2.61. The Morgan fingerprint density at radius 3 is 2.39 bits per heavy atom. The summed E-state index contributed by atoms with van der Waals surface area (Å²) in [5.74, 6) is 5.25. The van der Waals surface area contributed by atoms with Gasteiger partial charge in [0.25, 0.3) is 0 Å². The summed E-state index contributed by atoms with van der Waals surface area (Å²) in [6.07, 6.45) is 10.0. The quantitative estimate of drug-likeness (QED) is 0.203. The summed E-state index contributed by atoms with van der Waals surface area (Å²) in [5.41, 5.74) is 2.47. The summed E-state index contributed by atoms with van der Waals surface area (Å²) < 4.78 is 11.9. The molecular weight excluding hydrogens is 516 g/mol. The van der Waals surface area contributed by atoms with Gasteiger partial charge in [-0.25, -0.2) is 0 Å². The van der Waals surface area contributed by atoms with E-state index in [1.165, 1.54) is 51.4 Å². The molecule has 41 heavy (non-hydrogen) atoms. The highest BCUT2D eigenvalue weighted by Gasteiger charge is 2.59. The Morgan fingerprint density at radius 2 is 1.71 bits per heavy atom. The van der Waals surface area contributed by atoms with Crippen molar-refractivity contribution in [2.24, 2.45) is 52.3 Å². The molecule has 5 aliphatic rings. The van der Waals surface area contributed by atoms with Gasteiger partial charge in [-0.3, -0.25) is 0 Å². The normalized spacial score (nSPS) is 47.7. The smallest absolute Gasteiger partial charge is 0.186 e. The van der Waals surface area contributed by atoms with Crippen LogP contribution in [-0.4, -0.2) is 63.8 Å².